The Morgan fingerprint density at radius 3 is 2.15 bits per heavy atom. The molecule has 144 valence electrons. The van der Waals surface area contributed by atoms with Gasteiger partial charge in [0.25, 0.3) is 0 Å². The van der Waals surface area contributed by atoms with E-state index in [0.29, 0.717) is 11.4 Å². The van der Waals surface area contributed by atoms with Gasteiger partial charge < -0.3 is 16.0 Å². The number of nitrogens with one attached hydrogen (secondary N) is 3. The summed E-state index contributed by atoms with van der Waals surface area (Å²) in [4.78, 5) is 24.4. The smallest absolute Gasteiger partial charge is 0.238 e. The van der Waals surface area contributed by atoms with Crippen LogP contribution in [0.2, 0.25) is 0 Å². The van der Waals surface area contributed by atoms with Crippen LogP contribution in [0.3, 0.4) is 0 Å². The molecule has 2 rings (SSSR count). The molecular weight excluding hydrogens is 338 g/mol. The number of hydrogen-bond acceptors (Lipinski definition) is 3. The zero-order valence-electron chi connectivity index (χ0n) is 16.5. The molecule has 2 amide bonds. The normalized spacial score (nSPS) is 12.3. The van der Waals surface area contributed by atoms with Gasteiger partial charge in [-0.3, -0.25) is 9.59 Å². The average Bonchev–Trinajstić information content (AvgIpc) is 2.62. The number of hydrogen-bond donors (Lipinski definition) is 3. The van der Waals surface area contributed by atoms with Crippen LogP contribution in [0.5, 0.6) is 0 Å². The van der Waals surface area contributed by atoms with E-state index in [2.05, 4.69) is 35.0 Å². The summed E-state index contributed by atoms with van der Waals surface area (Å²) in [7, 11) is 0. The van der Waals surface area contributed by atoms with Gasteiger partial charge in [-0.1, -0.05) is 64.1 Å². The van der Waals surface area contributed by atoms with E-state index in [1.807, 2.05) is 39.0 Å². The molecule has 1 unspecified atom stereocenters. The fourth-order valence-electron chi connectivity index (χ4n) is 2.60. The first kappa shape index (κ1) is 20.6. The van der Waals surface area contributed by atoms with Crippen LogP contribution in [0, 0.1) is 5.41 Å². The lowest BCUT2D eigenvalue weighted by molar-refractivity contribution is -0.123. The summed E-state index contributed by atoms with van der Waals surface area (Å²) in [5, 5.41) is 9.03. The van der Waals surface area contributed by atoms with E-state index in [1.165, 1.54) is 5.56 Å². The van der Waals surface area contributed by atoms with Gasteiger partial charge in [0.15, 0.2) is 0 Å². The van der Waals surface area contributed by atoms with E-state index in [1.54, 1.807) is 24.3 Å². The van der Waals surface area contributed by atoms with Crippen LogP contribution >= 0.6 is 0 Å². The summed E-state index contributed by atoms with van der Waals surface area (Å²) in [6.45, 7) is 7.87. The third-order valence-corrected chi connectivity index (χ3v) is 4.20. The molecule has 0 aliphatic heterocycles. The summed E-state index contributed by atoms with van der Waals surface area (Å²) in [6, 6.07) is 17.4. The summed E-state index contributed by atoms with van der Waals surface area (Å²) in [6.07, 6.45) is 0.894. The maximum Gasteiger partial charge on any atom is 0.238 e. The maximum absolute atomic E-state index is 12.3. The molecule has 5 nitrogen and oxygen atoms in total. The third kappa shape index (κ3) is 6.53. The zero-order valence-corrected chi connectivity index (χ0v) is 16.5. The molecule has 0 saturated carbocycles. The molecule has 2 aromatic rings. The fourth-order valence-corrected chi connectivity index (χ4v) is 2.60. The number of carbonyl (C=O) groups excluding carboxylic acids is 2. The molecule has 27 heavy (non-hydrogen) atoms. The lowest BCUT2D eigenvalue weighted by Gasteiger charge is -2.18. The number of rotatable bonds is 7. The average molecular weight is 367 g/mol. The Morgan fingerprint density at radius 1 is 0.926 bits per heavy atom. The molecule has 0 saturated heterocycles. The van der Waals surface area contributed by atoms with Crippen LogP contribution in [-0.4, -0.2) is 18.4 Å². The first-order chi connectivity index (χ1) is 12.8. The van der Waals surface area contributed by atoms with Gasteiger partial charge in [0, 0.05) is 22.8 Å². The molecule has 0 heterocycles. The number of amides is 2. The van der Waals surface area contributed by atoms with Crippen molar-refractivity contribution in [2.45, 2.75) is 40.2 Å². The minimum Gasteiger partial charge on any atom is -0.326 e. The second kappa shape index (κ2) is 9.33. The molecule has 0 spiro atoms. The van der Waals surface area contributed by atoms with Gasteiger partial charge in [-0.15, -0.1) is 0 Å². The molecule has 0 aliphatic rings. The third-order valence-electron chi connectivity index (χ3n) is 4.20. The molecule has 0 aromatic heterocycles. The van der Waals surface area contributed by atoms with Crippen molar-refractivity contribution >= 4 is 23.2 Å². The van der Waals surface area contributed by atoms with Gasteiger partial charge in [0.1, 0.15) is 0 Å². The minimum absolute atomic E-state index is 0.0682. The van der Waals surface area contributed by atoms with Crippen LogP contribution in [-0.2, 0) is 9.59 Å². The predicted molar refractivity (Wildman–Crippen MR) is 111 cm³/mol. The van der Waals surface area contributed by atoms with Crippen LogP contribution in [0.1, 0.15) is 45.7 Å². The van der Waals surface area contributed by atoms with Crippen molar-refractivity contribution in [3.63, 3.8) is 0 Å². The van der Waals surface area contributed by atoms with Gasteiger partial charge in [0.2, 0.25) is 11.8 Å². The molecule has 0 fully saturated rings. The summed E-state index contributed by atoms with van der Waals surface area (Å²) in [5.74, 6) is -0.190. The number of carbonyl (C=O) groups is 2. The predicted octanol–water partition coefficient (Wildman–Crippen LogP) is 4.35. The van der Waals surface area contributed by atoms with Gasteiger partial charge in [-0.2, -0.15) is 0 Å². The minimum atomic E-state index is -0.476. The highest BCUT2D eigenvalue weighted by molar-refractivity contribution is 5.96. The van der Waals surface area contributed by atoms with Crippen molar-refractivity contribution in [3.05, 3.63) is 60.2 Å². The second-order valence-corrected chi connectivity index (χ2v) is 7.59. The van der Waals surface area contributed by atoms with Crippen LogP contribution in [0.4, 0.5) is 11.4 Å². The first-order valence-corrected chi connectivity index (χ1v) is 9.29. The molecule has 1 atom stereocenters. The quantitative estimate of drug-likeness (QED) is 0.681. The van der Waals surface area contributed by atoms with Crippen LogP contribution in [0.15, 0.2) is 54.6 Å². The van der Waals surface area contributed by atoms with Gasteiger partial charge >= 0.3 is 0 Å². The van der Waals surface area contributed by atoms with E-state index < -0.39 is 5.41 Å². The number of benzene rings is 2. The van der Waals surface area contributed by atoms with Gasteiger partial charge in [0.05, 0.1) is 6.54 Å². The lowest BCUT2D eigenvalue weighted by atomic mass is 9.95. The SMILES string of the molecule is CCC(NCC(=O)Nc1cccc(NC(=O)C(C)(C)C)c1)c1ccccc1. The highest BCUT2D eigenvalue weighted by Crippen LogP contribution is 2.20. The molecule has 0 bridgehead atoms. The summed E-state index contributed by atoms with van der Waals surface area (Å²) < 4.78 is 0. The molecule has 2 aromatic carbocycles. The largest absolute Gasteiger partial charge is 0.326 e. The second-order valence-electron chi connectivity index (χ2n) is 7.59. The first-order valence-electron chi connectivity index (χ1n) is 9.29. The Hall–Kier alpha value is -2.66. The standard InChI is InChI=1S/C22H29N3O2/c1-5-19(16-10-7-6-8-11-16)23-15-20(26)24-17-12-9-13-18(14-17)25-21(27)22(2,3)4/h6-14,19,23H,5,15H2,1-4H3,(H,24,26)(H,25,27). The van der Waals surface area contributed by atoms with E-state index in [-0.39, 0.29) is 24.4 Å². The van der Waals surface area contributed by atoms with E-state index in [4.69, 9.17) is 0 Å². The Kier molecular flexibility index (Phi) is 7.13. The summed E-state index contributed by atoms with van der Waals surface area (Å²) in [5.41, 5.74) is 2.01. The molecule has 0 aliphatic carbocycles. The Balaban J connectivity index is 1.92. The van der Waals surface area contributed by atoms with Crippen molar-refractivity contribution in [2.75, 3.05) is 17.2 Å². The Labute approximate surface area is 161 Å². The molecule has 3 N–H and O–H groups in total. The van der Waals surface area contributed by atoms with Crippen molar-refractivity contribution < 1.29 is 9.59 Å². The zero-order chi connectivity index (χ0) is 19.9. The molecular formula is C22H29N3O2. The highest BCUT2D eigenvalue weighted by Gasteiger charge is 2.21. The monoisotopic (exact) mass is 367 g/mol. The van der Waals surface area contributed by atoms with E-state index in [9.17, 15) is 9.59 Å². The van der Waals surface area contributed by atoms with Gasteiger partial charge in [-0.05, 0) is 30.2 Å². The fraction of sp³-hybridized carbons (Fsp3) is 0.364. The summed E-state index contributed by atoms with van der Waals surface area (Å²) >= 11 is 0. The van der Waals surface area contributed by atoms with E-state index >= 15 is 0 Å². The number of anilines is 2. The van der Waals surface area contributed by atoms with E-state index in [0.717, 1.165) is 6.42 Å². The van der Waals surface area contributed by atoms with Crippen molar-refractivity contribution in [1.29, 1.82) is 0 Å². The topological polar surface area (TPSA) is 70.2 Å². The van der Waals surface area contributed by atoms with Crippen molar-refractivity contribution in [3.8, 4) is 0 Å². The van der Waals surface area contributed by atoms with Crippen LogP contribution < -0.4 is 16.0 Å². The maximum atomic E-state index is 12.3. The van der Waals surface area contributed by atoms with Gasteiger partial charge in [-0.25, -0.2) is 0 Å². The van der Waals surface area contributed by atoms with Crippen molar-refractivity contribution in [2.24, 2.45) is 5.41 Å². The van der Waals surface area contributed by atoms with Crippen LogP contribution in [0.25, 0.3) is 0 Å². The molecule has 0 radical (unpaired) electrons. The highest BCUT2D eigenvalue weighted by atomic mass is 16.2. The van der Waals surface area contributed by atoms with Crippen molar-refractivity contribution in [1.82, 2.24) is 5.32 Å². The lowest BCUT2D eigenvalue weighted by Crippen LogP contribution is -2.31. The Bertz CT molecular complexity index is 767. The molecule has 5 heteroatoms. The Morgan fingerprint density at radius 2 is 1.56 bits per heavy atom.